The maximum absolute atomic E-state index is 13.0. The van der Waals surface area contributed by atoms with Crippen molar-refractivity contribution < 1.29 is 26.9 Å². The molecule has 0 saturated heterocycles. The van der Waals surface area contributed by atoms with E-state index >= 15 is 0 Å². The highest BCUT2D eigenvalue weighted by molar-refractivity contribution is 7.89. The Morgan fingerprint density at radius 1 is 1.13 bits per heavy atom. The zero-order chi connectivity index (χ0) is 21.7. The lowest BCUT2D eigenvalue weighted by Gasteiger charge is -2.21. The average Bonchev–Trinajstić information content (AvgIpc) is 3.42. The van der Waals surface area contributed by atoms with Crippen LogP contribution in [0.4, 0.5) is 5.69 Å². The predicted octanol–water partition coefficient (Wildman–Crippen LogP) is 3.62. The first-order chi connectivity index (χ1) is 14.4. The van der Waals surface area contributed by atoms with Crippen molar-refractivity contribution in [1.82, 2.24) is 9.46 Å². The summed E-state index contributed by atoms with van der Waals surface area (Å²) < 4.78 is 43.2. The van der Waals surface area contributed by atoms with E-state index in [0.29, 0.717) is 31.2 Å². The molecule has 0 bridgehead atoms. The second kappa shape index (κ2) is 9.14. The highest BCUT2D eigenvalue weighted by Crippen LogP contribution is 2.30. The molecule has 2 aromatic heterocycles. The molecule has 10 heteroatoms. The maximum Gasteiger partial charge on any atom is 0.277 e. The first-order valence-electron chi connectivity index (χ1n) is 9.49. The standard InChI is InChI=1S/C20H23N3O6S/c1-4-23(5-2)30(25,26)19-12-14(9-10-17(19)27-6-3)21-20(24)15-13-18(29-22-15)16-8-7-11-28-16/h7-13H,4-6H2,1-3H3,(H,21,24). The third kappa shape index (κ3) is 4.39. The van der Waals surface area contributed by atoms with Crippen LogP contribution in [0.15, 0.2) is 56.5 Å². The zero-order valence-electron chi connectivity index (χ0n) is 16.9. The number of carbonyl (C=O) groups excluding carboxylic acids is 1. The van der Waals surface area contributed by atoms with E-state index in [9.17, 15) is 13.2 Å². The molecule has 0 saturated carbocycles. The molecular formula is C20H23N3O6S. The Balaban J connectivity index is 1.89. The molecule has 1 aromatic carbocycles. The van der Waals surface area contributed by atoms with E-state index in [2.05, 4.69) is 10.5 Å². The Hall–Kier alpha value is -3.11. The van der Waals surface area contributed by atoms with Crippen LogP contribution in [0.1, 0.15) is 31.3 Å². The summed E-state index contributed by atoms with van der Waals surface area (Å²) in [5, 5.41) is 6.39. The van der Waals surface area contributed by atoms with Crippen molar-refractivity contribution in [2.45, 2.75) is 25.7 Å². The Morgan fingerprint density at radius 2 is 1.90 bits per heavy atom. The zero-order valence-corrected chi connectivity index (χ0v) is 17.7. The van der Waals surface area contributed by atoms with Gasteiger partial charge in [-0.1, -0.05) is 19.0 Å². The van der Waals surface area contributed by atoms with E-state index in [1.165, 1.54) is 28.8 Å². The molecule has 1 amide bonds. The van der Waals surface area contributed by atoms with Gasteiger partial charge in [0.05, 0.1) is 12.9 Å². The molecule has 0 spiro atoms. The van der Waals surface area contributed by atoms with Crippen LogP contribution in [0.2, 0.25) is 0 Å². The van der Waals surface area contributed by atoms with Crippen molar-refractivity contribution in [2.75, 3.05) is 25.0 Å². The molecule has 1 N–H and O–H groups in total. The van der Waals surface area contributed by atoms with Crippen LogP contribution in [0.3, 0.4) is 0 Å². The van der Waals surface area contributed by atoms with Crippen LogP contribution in [-0.2, 0) is 10.0 Å². The van der Waals surface area contributed by atoms with Crippen molar-refractivity contribution >= 4 is 21.6 Å². The van der Waals surface area contributed by atoms with Crippen LogP contribution in [0.5, 0.6) is 5.75 Å². The fourth-order valence-electron chi connectivity index (χ4n) is 2.88. The minimum atomic E-state index is -3.79. The van der Waals surface area contributed by atoms with Gasteiger partial charge in [0.2, 0.25) is 15.8 Å². The van der Waals surface area contributed by atoms with E-state index in [0.717, 1.165) is 0 Å². The summed E-state index contributed by atoms with van der Waals surface area (Å²) >= 11 is 0. The van der Waals surface area contributed by atoms with E-state index in [1.807, 2.05) is 0 Å². The first-order valence-corrected chi connectivity index (χ1v) is 10.9. The molecule has 0 aliphatic rings. The number of rotatable bonds is 9. The molecule has 2 heterocycles. The number of nitrogens with zero attached hydrogens (tertiary/aromatic N) is 2. The summed E-state index contributed by atoms with van der Waals surface area (Å²) in [6.45, 7) is 6.22. The van der Waals surface area contributed by atoms with Crippen LogP contribution >= 0.6 is 0 Å². The molecule has 9 nitrogen and oxygen atoms in total. The normalized spacial score (nSPS) is 11.6. The van der Waals surface area contributed by atoms with Crippen LogP contribution in [-0.4, -0.2) is 43.5 Å². The first kappa shape index (κ1) is 21.6. The Labute approximate surface area is 174 Å². The van der Waals surface area contributed by atoms with E-state index in [-0.39, 0.29) is 22.0 Å². The van der Waals surface area contributed by atoms with E-state index in [1.54, 1.807) is 39.0 Å². The molecule has 0 aliphatic heterocycles. The lowest BCUT2D eigenvalue weighted by atomic mass is 10.2. The molecule has 0 unspecified atom stereocenters. The van der Waals surface area contributed by atoms with Gasteiger partial charge < -0.3 is 19.0 Å². The van der Waals surface area contributed by atoms with Gasteiger partial charge in [-0.2, -0.15) is 4.31 Å². The quantitative estimate of drug-likeness (QED) is 0.548. The van der Waals surface area contributed by atoms with Gasteiger partial charge in [-0.25, -0.2) is 8.42 Å². The van der Waals surface area contributed by atoms with Crippen LogP contribution in [0.25, 0.3) is 11.5 Å². The molecule has 30 heavy (non-hydrogen) atoms. The smallest absolute Gasteiger partial charge is 0.277 e. The SMILES string of the molecule is CCOc1ccc(NC(=O)c2cc(-c3ccco3)on2)cc1S(=O)(=O)N(CC)CC. The van der Waals surface area contributed by atoms with Gasteiger partial charge in [-0.3, -0.25) is 4.79 Å². The number of anilines is 1. The summed E-state index contributed by atoms with van der Waals surface area (Å²) in [6, 6.07) is 9.28. The minimum absolute atomic E-state index is 0.0118. The molecule has 160 valence electrons. The average molecular weight is 433 g/mol. The summed E-state index contributed by atoms with van der Waals surface area (Å²) in [5.41, 5.74) is 0.320. The maximum atomic E-state index is 13.0. The van der Waals surface area contributed by atoms with E-state index in [4.69, 9.17) is 13.7 Å². The molecule has 0 atom stereocenters. The highest BCUT2D eigenvalue weighted by atomic mass is 32.2. The van der Waals surface area contributed by atoms with E-state index < -0.39 is 15.9 Å². The lowest BCUT2D eigenvalue weighted by Crippen LogP contribution is -2.31. The van der Waals surface area contributed by atoms with Gasteiger partial charge >= 0.3 is 0 Å². The summed E-state index contributed by atoms with van der Waals surface area (Å²) in [6.07, 6.45) is 1.48. The van der Waals surface area contributed by atoms with Crippen molar-refractivity contribution in [3.8, 4) is 17.3 Å². The second-order valence-corrected chi connectivity index (χ2v) is 8.10. The number of ether oxygens (including phenoxy) is 1. The number of nitrogens with one attached hydrogen (secondary N) is 1. The fourth-order valence-corrected chi connectivity index (χ4v) is 4.49. The lowest BCUT2D eigenvalue weighted by molar-refractivity contribution is 0.101. The number of benzene rings is 1. The molecule has 0 aliphatic carbocycles. The van der Waals surface area contributed by atoms with Gasteiger partial charge in [-0.15, -0.1) is 0 Å². The summed E-state index contributed by atoms with van der Waals surface area (Å²) in [7, 11) is -3.79. The summed E-state index contributed by atoms with van der Waals surface area (Å²) in [4.78, 5) is 12.5. The number of hydrogen-bond acceptors (Lipinski definition) is 7. The van der Waals surface area contributed by atoms with Crippen molar-refractivity contribution in [3.63, 3.8) is 0 Å². The molecular weight excluding hydrogens is 410 g/mol. The summed E-state index contributed by atoms with van der Waals surface area (Å²) in [5.74, 6) is 0.424. The molecule has 3 rings (SSSR count). The molecule has 0 fully saturated rings. The van der Waals surface area contributed by atoms with Crippen molar-refractivity contribution in [1.29, 1.82) is 0 Å². The number of carbonyl (C=O) groups is 1. The second-order valence-electron chi connectivity index (χ2n) is 6.19. The third-order valence-electron chi connectivity index (χ3n) is 4.33. The fraction of sp³-hybridized carbons (Fsp3) is 0.300. The highest BCUT2D eigenvalue weighted by Gasteiger charge is 2.26. The van der Waals surface area contributed by atoms with Crippen LogP contribution < -0.4 is 10.1 Å². The number of amides is 1. The molecule has 0 radical (unpaired) electrons. The topological polar surface area (TPSA) is 115 Å². The van der Waals surface area contributed by atoms with Gasteiger partial charge in [-0.05, 0) is 37.3 Å². The Morgan fingerprint density at radius 3 is 2.53 bits per heavy atom. The van der Waals surface area contributed by atoms with Crippen LogP contribution in [0, 0.1) is 0 Å². The third-order valence-corrected chi connectivity index (χ3v) is 6.40. The van der Waals surface area contributed by atoms with Crippen molar-refractivity contribution in [3.05, 3.63) is 48.4 Å². The Bertz CT molecular complexity index is 1100. The molecule has 3 aromatic rings. The van der Waals surface area contributed by atoms with Gasteiger partial charge in [0.25, 0.3) is 5.91 Å². The number of furan rings is 1. The minimum Gasteiger partial charge on any atom is -0.492 e. The van der Waals surface area contributed by atoms with Gasteiger partial charge in [0, 0.05) is 24.8 Å². The monoisotopic (exact) mass is 433 g/mol. The number of sulfonamides is 1. The number of hydrogen-bond donors (Lipinski definition) is 1. The van der Waals surface area contributed by atoms with Gasteiger partial charge in [0.1, 0.15) is 10.6 Å². The largest absolute Gasteiger partial charge is 0.492 e. The van der Waals surface area contributed by atoms with Crippen molar-refractivity contribution in [2.24, 2.45) is 0 Å². The Kier molecular flexibility index (Phi) is 6.58. The van der Waals surface area contributed by atoms with Gasteiger partial charge in [0.15, 0.2) is 11.5 Å². The number of aromatic nitrogens is 1. The predicted molar refractivity (Wildman–Crippen MR) is 110 cm³/mol.